The van der Waals surface area contributed by atoms with Crippen LogP contribution in [0.2, 0.25) is 0 Å². The molecular formula is C12H16O4. The van der Waals surface area contributed by atoms with Gasteiger partial charge in [-0.05, 0) is 30.9 Å². The van der Waals surface area contributed by atoms with Crippen molar-refractivity contribution < 1.29 is 19.0 Å². The summed E-state index contributed by atoms with van der Waals surface area (Å²) in [4.78, 5) is 10.7. The molecule has 0 spiro atoms. The van der Waals surface area contributed by atoms with E-state index in [0.717, 1.165) is 12.2 Å². The fourth-order valence-corrected chi connectivity index (χ4v) is 1.72. The summed E-state index contributed by atoms with van der Waals surface area (Å²) in [5, 5.41) is 0. The molecule has 1 aliphatic heterocycles. The number of carbonyl (C=O) groups excluding carboxylic acids is 1. The van der Waals surface area contributed by atoms with Crippen LogP contribution in [0.15, 0.2) is 23.5 Å². The van der Waals surface area contributed by atoms with Crippen LogP contribution in [0.4, 0.5) is 4.79 Å². The van der Waals surface area contributed by atoms with Crippen molar-refractivity contribution in [1.82, 2.24) is 0 Å². The standard InChI is InChI=1S/C12H16O4/c1-8-4-3-5-11(9(8)2)14-6-10-7-15-12(13)16-10/h3,5,8,10H,4,6-7H2,1-2H3. The number of cyclic esters (lactones) is 2. The largest absolute Gasteiger partial charge is 0.508 e. The predicted octanol–water partition coefficient (Wildman–Crippen LogP) is 2.41. The summed E-state index contributed by atoms with van der Waals surface area (Å²) >= 11 is 0. The fraction of sp³-hybridized carbons (Fsp3) is 0.583. The van der Waals surface area contributed by atoms with Crippen LogP contribution in [0.1, 0.15) is 20.3 Å². The highest BCUT2D eigenvalue weighted by Gasteiger charge is 2.26. The monoisotopic (exact) mass is 224 g/mol. The Morgan fingerprint density at radius 3 is 3.06 bits per heavy atom. The number of hydrogen-bond acceptors (Lipinski definition) is 4. The van der Waals surface area contributed by atoms with Gasteiger partial charge in [-0.3, -0.25) is 0 Å². The van der Waals surface area contributed by atoms with Crippen molar-refractivity contribution in [2.45, 2.75) is 26.4 Å². The lowest BCUT2D eigenvalue weighted by Crippen LogP contribution is -2.18. The lowest BCUT2D eigenvalue weighted by atomic mass is 9.94. The van der Waals surface area contributed by atoms with Crippen molar-refractivity contribution in [3.63, 3.8) is 0 Å². The third-order valence-corrected chi connectivity index (χ3v) is 2.96. The molecule has 1 saturated heterocycles. The van der Waals surface area contributed by atoms with Gasteiger partial charge in [-0.15, -0.1) is 0 Å². The van der Waals surface area contributed by atoms with Crippen LogP contribution in [-0.4, -0.2) is 25.5 Å². The second-order valence-corrected chi connectivity index (χ2v) is 4.20. The molecule has 16 heavy (non-hydrogen) atoms. The van der Waals surface area contributed by atoms with E-state index in [1.807, 2.05) is 6.08 Å². The van der Waals surface area contributed by atoms with Gasteiger partial charge in [0.15, 0.2) is 6.10 Å². The van der Waals surface area contributed by atoms with Crippen LogP contribution in [-0.2, 0) is 14.2 Å². The van der Waals surface area contributed by atoms with Crippen LogP contribution in [0.5, 0.6) is 0 Å². The number of hydrogen-bond donors (Lipinski definition) is 0. The van der Waals surface area contributed by atoms with E-state index < -0.39 is 6.16 Å². The minimum atomic E-state index is -0.605. The molecule has 2 unspecified atom stereocenters. The van der Waals surface area contributed by atoms with Crippen molar-refractivity contribution >= 4 is 6.16 Å². The summed E-state index contributed by atoms with van der Waals surface area (Å²) < 4.78 is 15.2. The molecule has 0 N–H and O–H groups in total. The Balaban J connectivity index is 1.88. The van der Waals surface area contributed by atoms with Crippen LogP contribution < -0.4 is 0 Å². The molecule has 0 amide bonds. The lowest BCUT2D eigenvalue weighted by Gasteiger charge is -2.20. The van der Waals surface area contributed by atoms with Gasteiger partial charge in [0, 0.05) is 0 Å². The lowest BCUT2D eigenvalue weighted by molar-refractivity contribution is 0.0777. The summed E-state index contributed by atoms with van der Waals surface area (Å²) in [6.45, 7) is 4.88. The predicted molar refractivity (Wildman–Crippen MR) is 57.8 cm³/mol. The molecule has 1 aliphatic carbocycles. The Bertz CT molecular complexity index is 343. The normalized spacial score (nSPS) is 29.0. The summed E-state index contributed by atoms with van der Waals surface area (Å²) in [6.07, 6.45) is 4.25. The van der Waals surface area contributed by atoms with Gasteiger partial charge in [0.1, 0.15) is 19.0 Å². The van der Waals surface area contributed by atoms with Crippen molar-refractivity contribution in [1.29, 1.82) is 0 Å². The first-order valence-corrected chi connectivity index (χ1v) is 5.50. The van der Waals surface area contributed by atoms with Gasteiger partial charge in [0.25, 0.3) is 0 Å². The van der Waals surface area contributed by atoms with E-state index >= 15 is 0 Å². The van der Waals surface area contributed by atoms with Gasteiger partial charge in [-0.2, -0.15) is 0 Å². The van der Waals surface area contributed by atoms with Crippen molar-refractivity contribution in [3.8, 4) is 0 Å². The summed E-state index contributed by atoms with van der Waals surface area (Å²) in [5.41, 5.74) is 1.24. The fourth-order valence-electron chi connectivity index (χ4n) is 1.72. The van der Waals surface area contributed by atoms with E-state index in [9.17, 15) is 4.79 Å². The third-order valence-electron chi connectivity index (χ3n) is 2.96. The Kier molecular flexibility index (Phi) is 3.17. The Labute approximate surface area is 94.9 Å². The van der Waals surface area contributed by atoms with E-state index in [2.05, 4.69) is 24.7 Å². The first kappa shape index (κ1) is 11.0. The third kappa shape index (κ3) is 2.38. The first-order valence-electron chi connectivity index (χ1n) is 5.50. The van der Waals surface area contributed by atoms with E-state index in [-0.39, 0.29) is 12.7 Å². The molecule has 0 saturated carbocycles. The second kappa shape index (κ2) is 4.60. The minimum absolute atomic E-state index is 0.279. The Hall–Kier alpha value is -1.45. The highest BCUT2D eigenvalue weighted by Crippen LogP contribution is 2.25. The summed E-state index contributed by atoms with van der Waals surface area (Å²) in [6, 6.07) is 0. The SMILES string of the molecule is CC1=C(OCC2COC(=O)O2)C=CCC1C. The highest BCUT2D eigenvalue weighted by molar-refractivity contribution is 5.61. The van der Waals surface area contributed by atoms with Gasteiger partial charge in [0.2, 0.25) is 0 Å². The van der Waals surface area contributed by atoms with Gasteiger partial charge in [-0.1, -0.05) is 13.0 Å². The number of allylic oxidation sites excluding steroid dienone is 3. The molecule has 1 heterocycles. The highest BCUT2D eigenvalue weighted by atomic mass is 16.8. The topological polar surface area (TPSA) is 44.8 Å². The van der Waals surface area contributed by atoms with Crippen LogP contribution >= 0.6 is 0 Å². The maximum atomic E-state index is 10.7. The molecule has 2 aliphatic rings. The average molecular weight is 224 g/mol. The van der Waals surface area contributed by atoms with Crippen LogP contribution in [0.3, 0.4) is 0 Å². The number of rotatable bonds is 3. The van der Waals surface area contributed by atoms with Gasteiger partial charge >= 0.3 is 6.16 Å². The molecule has 4 nitrogen and oxygen atoms in total. The van der Waals surface area contributed by atoms with Crippen molar-refractivity contribution in [3.05, 3.63) is 23.5 Å². The molecule has 0 aromatic carbocycles. The molecule has 1 fully saturated rings. The molecule has 0 aromatic heterocycles. The molecule has 2 rings (SSSR count). The molecule has 0 aromatic rings. The minimum Gasteiger partial charge on any atom is -0.490 e. The van der Waals surface area contributed by atoms with Gasteiger partial charge < -0.3 is 14.2 Å². The van der Waals surface area contributed by atoms with Gasteiger partial charge in [-0.25, -0.2) is 4.79 Å². The molecule has 88 valence electrons. The maximum Gasteiger partial charge on any atom is 0.508 e. The second-order valence-electron chi connectivity index (χ2n) is 4.20. The first-order chi connectivity index (χ1) is 7.66. The number of carbonyl (C=O) groups is 1. The Morgan fingerprint density at radius 2 is 2.38 bits per heavy atom. The average Bonchev–Trinajstić information content (AvgIpc) is 2.67. The molecule has 2 atom stereocenters. The maximum absolute atomic E-state index is 10.7. The van der Waals surface area contributed by atoms with Crippen molar-refractivity contribution in [2.24, 2.45) is 5.92 Å². The molecule has 4 heteroatoms. The summed E-state index contributed by atoms with van der Waals surface area (Å²) in [5.74, 6) is 1.41. The molecular weight excluding hydrogens is 208 g/mol. The Morgan fingerprint density at radius 1 is 1.56 bits per heavy atom. The van der Waals surface area contributed by atoms with E-state index in [0.29, 0.717) is 12.5 Å². The van der Waals surface area contributed by atoms with E-state index in [1.165, 1.54) is 5.57 Å². The smallest absolute Gasteiger partial charge is 0.490 e. The zero-order valence-electron chi connectivity index (χ0n) is 9.56. The van der Waals surface area contributed by atoms with Crippen LogP contribution in [0, 0.1) is 5.92 Å². The van der Waals surface area contributed by atoms with E-state index in [4.69, 9.17) is 9.47 Å². The van der Waals surface area contributed by atoms with Gasteiger partial charge in [0.05, 0.1) is 0 Å². The quantitative estimate of drug-likeness (QED) is 0.690. The van der Waals surface area contributed by atoms with Crippen LogP contribution in [0.25, 0.3) is 0 Å². The molecule has 0 bridgehead atoms. The van der Waals surface area contributed by atoms with E-state index in [1.54, 1.807) is 0 Å². The number of ether oxygens (including phenoxy) is 3. The summed E-state index contributed by atoms with van der Waals surface area (Å²) in [7, 11) is 0. The zero-order valence-corrected chi connectivity index (χ0v) is 9.56. The zero-order chi connectivity index (χ0) is 11.5. The molecule has 0 radical (unpaired) electrons. The van der Waals surface area contributed by atoms with Crippen molar-refractivity contribution in [2.75, 3.05) is 13.2 Å².